The Balaban J connectivity index is 1.97. The van der Waals surface area contributed by atoms with E-state index in [2.05, 4.69) is 35.8 Å². The van der Waals surface area contributed by atoms with Crippen LogP contribution in [0.3, 0.4) is 0 Å². The zero-order valence-corrected chi connectivity index (χ0v) is 14.0. The Morgan fingerprint density at radius 3 is 2.63 bits per heavy atom. The minimum atomic E-state index is 0.102. The SMILES string of the molecule is CC1(C)CCC(OC(CBr)c2cccc(Cl)c2)CC1. The van der Waals surface area contributed by atoms with Crippen molar-refractivity contribution in [3.63, 3.8) is 0 Å². The van der Waals surface area contributed by atoms with E-state index in [0.29, 0.717) is 11.5 Å². The van der Waals surface area contributed by atoms with Gasteiger partial charge in [0.1, 0.15) is 0 Å². The van der Waals surface area contributed by atoms with E-state index < -0.39 is 0 Å². The van der Waals surface area contributed by atoms with Crippen molar-refractivity contribution in [1.82, 2.24) is 0 Å². The second kappa shape index (κ2) is 6.60. The molecule has 1 aliphatic rings. The fourth-order valence-electron chi connectivity index (χ4n) is 2.65. The summed E-state index contributed by atoms with van der Waals surface area (Å²) >= 11 is 9.61. The highest BCUT2D eigenvalue weighted by atomic mass is 79.9. The first-order chi connectivity index (χ1) is 9.00. The van der Waals surface area contributed by atoms with Crippen molar-refractivity contribution in [2.24, 2.45) is 5.41 Å². The minimum absolute atomic E-state index is 0.102. The van der Waals surface area contributed by atoms with Crippen LogP contribution in [0.15, 0.2) is 24.3 Å². The van der Waals surface area contributed by atoms with E-state index in [0.717, 1.165) is 28.8 Å². The Morgan fingerprint density at radius 1 is 1.37 bits per heavy atom. The molecule has 1 unspecified atom stereocenters. The Bertz CT molecular complexity index is 409. The number of ether oxygens (including phenoxy) is 1. The van der Waals surface area contributed by atoms with Gasteiger partial charge in [-0.15, -0.1) is 0 Å². The maximum absolute atomic E-state index is 6.27. The van der Waals surface area contributed by atoms with E-state index in [4.69, 9.17) is 16.3 Å². The molecule has 106 valence electrons. The molecule has 3 heteroatoms. The van der Waals surface area contributed by atoms with Gasteiger partial charge in [0, 0.05) is 10.4 Å². The number of benzene rings is 1. The lowest BCUT2D eigenvalue weighted by Gasteiger charge is -2.35. The molecule has 0 bridgehead atoms. The molecule has 1 nitrogen and oxygen atoms in total. The first-order valence-corrected chi connectivity index (χ1v) is 8.47. The van der Waals surface area contributed by atoms with Gasteiger partial charge in [-0.25, -0.2) is 0 Å². The molecule has 2 rings (SSSR count). The van der Waals surface area contributed by atoms with Crippen molar-refractivity contribution < 1.29 is 4.74 Å². The van der Waals surface area contributed by atoms with Gasteiger partial charge in [-0.3, -0.25) is 0 Å². The van der Waals surface area contributed by atoms with E-state index in [1.54, 1.807) is 0 Å². The molecular formula is C16H22BrClO. The number of hydrogen-bond acceptors (Lipinski definition) is 1. The zero-order valence-electron chi connectivity index (χ0n) is 11.7. The minimum Gasteiger partial charge on any atom is -0.369 e. The Labute approximate surface area is 129 Å². The number of rotatable bonds is 4. The van der Waals surface area contributed by atoms with Gasteiger partial charge in [-0.1, -0.05) is 53.5 Å². The number of halogens is 2. The summed E-state index contributed by atoms with van der Waals surface area (Å²) in [6, 6.07) is 7.98. The average Bonchev–Trinajstić information content (AvgIpc) is 2.37. The molecule has 0 radical (unpaired) electrons. The molecule has 1 fully saturated rings. The number of hydrogen-bond donors (Lipinski definition) is 0. The molecule has 1 aliphatic carbocycles. The first kappa shape index (κ1) is 15.3. The molecule has 0 heterocycles. The molecular weight excluding hydrogens is 324 g/mol. The van der Waals surface area contributed by atoms with Crippen LogP contribution in [0.1, 0.15) is 51.2 Å². The fourth-order valence-corrected chi connectivity index (χ4v) is 3.38. The van der Waals surface area contributed by atoms with E-state index in [9.17, 15) is 0 Å². The summed E-state index contributed by atoms with van der Waals surface area (Å²) in [6.07, 6.45) is 5.32. The van der Waals surface area contributed by atoms with E-state index in [1.807, 2.05) is 18.2 Å². The summed E-state index contributed by atoms with van der Waals surface area (Å²) in [5.74, 6) is 0. The van der Waals surface area contributed by atoms with Crippen LogP contribution in [-0.4, -0.2) is 11.4 Å². The third-order valence-electron chi connectivity index (χ3n) is 4.00. The quantitative estimate of drug-likeness (QED) is 0.630. The summed E-state index contributed by atoms with van der Waals surface area (Å²) < 4.78 is 6.27. The maximum Gasteiger partial charge on any atom is 0.0925 e. The van der Waals surface area contributed by atoms with Gasteiger partial charge in [0.15, 0.2) is 0 Å². The van der Waals surface area contributed by atoms with E-state index in [-0.39, 0.29) is 6.10 Å². The van der Waals surface area contributed by atoms with Gasteiger partial charge in [0.25, 0.3) is 0 Å². The molecule has 1 aromatic rings. The highest BCUT2D eigenvalue weighted by molar-refractivity contribution is 9.09. The second-order valence-electron chi connectivity index (χ2n) is 6.20. The van der Waals surface area contributed by atoms with Crippen LogP contribution in [0.4, 0.5) is 0 Å². The van der Waals surface area contributed by atoms with Gasteiger partial charge in [-0.2, -0.15) is 0 Å². The highest BCUT2D eigenvalue weighted by Gasteiger charge is 2.28. The van der Waals surface area contributed by atoms with Crippen LogP contribution in [0.5, 0.6) is 0 Å². The van der Waals surface area contributed by atoms with Crippen molar-refractivity contribution in [1.29, 1.82) is 0 Å². The third kappa shape index (κ3) is 4.47. The summed E-state index contributed by atoms with van der Waals surface area (Å²) in [5.41, 5.74) is 1.65. The zero-order chi connectivity index (χ0) is 13.9. The topological polar surface area (TPSA) is 9.23 Å². The summed E-state index contributed by atoms with van der Waals surface area (Å²) in [6.45, 7) is 4.70. The van der Waals surface area contributed by atoms with Crippen LogP contribution >= 0.6 is 27.5 Å². The van der Waals surface area contributed by atoms with Gasteiger partial charge < -0.3 is 4.74 Å². The van der Waals surface area contributed by atoms with Crippen LogP contribution in [0.2, 0.25) is 5.02 Å². The lowest BCUT2D eigenvalue weighted by atomic mass is 9.76. The first-order valence-electron chi connectivity index (χ1n) is 6.97. The molecule has 0 aliphatic heterocycles. The molecule has 19 heavy (non-hydrogen) atoms. The summed E-state index contributed by atoms with van der Waals surface area (Å²) in [4.78, 5) is 0. The van der Waals surface area contributed by atoms with Gasteiger partial charge >= 0.3 is 0 Å². The Morgan fingerprint density at radius 2 is 2.05 bits per heavy atom. The maximum atomic E-state index is 6.27. The van der Waals surface area contributed by atoms with Gasteiger partial charge in [0.05, 0.1) is 12.2 Å². The lowest BCUT2D eigenvalue weighted by Crippen LogP contribution is -2.28. The lowest BCUT2D eigenvalue weighted by molar-refractivity contribution is -0.0364. The third-order valence-corrected chi connectivity index (χ3v) is 4.83. The van der Waals surface area contributed by atoms with Gasteiger partial charge in [-0.05, 0) is 48.8 Å². The summed E-state index contributed by atoms with van der Waals surface area (Å²) in [7, 11) is 0. The number of alkyl halides is 1. The molecule has 0 saturated heterocycles. The van der Waals surface area contributed by atoms with Crippen LogP contribution in [0, 0.1) is 5.41 Å². The molecule has 0 aromatic heterocycles. The van der Waals surface area contributed by atoms with Crippen molar-refractivity contribution in [3.8, 4) is 0 Å². The van der Waals surface area contributed by atoms with Crippen LogP contribution < -0.4 is 0 Å². The predicted molar refractivity (Wildman–Crippen MR) is 85.1 cm³/mol. The highest BCUT2D eigenvalue weighted by Crippen LogP contribution is 2.38. The molecule has 0 N–H and O–H groups in total. The molecule has 0 amide bonds. The van der Waals surface area contributed by atoms with E-state index >= 15 is 0 Å². The molecule has 1 atom stereocenters. The van der Waals surface area contributed by atoms with Crippen molar-refractivity contribution in [3.05, 3.63) is 34.9 Å². The van der Waals surface area contributed by atoms with Crippen LogP contribution in [-0.2, 0) is 4.74 Å². The largest absolute Gasteiger partial charge is 0.369 e. The Kier molecular flexibility index (Phi) is 5.33. The standard InChI is InChI=1S/C16H22BrClO/c1-16(2)8-6-14(7-9-16)19-15(11-17)12-4-3-5-13(18)10-12/h3-5,10,14-15H,6-9,11H2,1-2H3. The predicted octanol–water partition coefficient (Wildman–Crippen LogP) is 5.76. The monoisotopic (exact) mass is 344 g/mol. The molecule has 0 spiro atoms. The Hall–Kier alpha value is -0.0500. The van der Waals surface area contributed by atoms with Gasteiger partial charge in [0.2, 0.25) is 0 Å². The van der Waals surface area contributed by atoms with Crippen molar-refractivity contribution in [2.75, 3.05) is 5.33 Å². The average molecular weight is 346 g/mol. The molecule has 1 saturated carbocycles. The summed E-state index contributed by atoms with van der Waals surface area (Å²) in [5, 5.41) is 1.59. The normalized spacial score (nSPS) is 21.3. The smallest absolute Gasteiger partial charge is 0.0925 e. The molecule has 1 aromatic carbocycles. The van der Waals surface area contributed by atoms with E-state index in [1.165, 1.54) is 12.8 Å². The van der Waals surface area contributed by atoms with Crippen molar-refractivity contribution >= 4 is 27.5 Å². The van der Waals surface area contributed by atoms with Crippen molar-refractivity contribution in [2.45, 2.75) is 51.7 Å². The second-order valence-corrected chi connectivity index (χ2v) is 7.28. The van der Waals surface area contributed by atoms with Crippen LogP contribution in [0.25, 0.3) is 0 Å². The fraction of sp³-hybridized carbons (Fsp3) is 0.625.